The second-order valence-corrected chi connectivity index (χ2v) is 4.64. The zero-order valence-electron chi connectivity index (χ0n) is 10.7. The van der Waals surface area contributed by atoms with Gasteiger partial charge in [0, 0.05) is 25.3 Å². The third-order valence-corrected chi connectivity index (χ3v) is 3.13. The van der Waals surface area contributed by atoms with Gasteiger partial charge in [-0.05, 0) is 17.7 Å². The molecule has 2 N–H and O–H groups in total. The maximum absolute atomic E-state index is 13.0. The highest BCUT2D eigenvalue weighted by Gasteiger charge is 2.34. The highest BCUT2D eigenvalue weighted by atomic mass is 19.4. The van der Waals surface area contributed by atoms with Crippen molar-refractivity contribution in [3.8, 4) is 6.07 Å². The molecule has 1 saturated heterocycles. The summed E-state index contributed by atoms with van der Waals surface area (Å²) in [5.74, 6) is 0. The molecule has 20 heavy (non-hydrogen) atoms. The van der Waals surface area contributed by atoms with Crippen LogP contribution in [0.1, 0.15) is 11.1 Å². The molecule has 0 saturated carbocycles. The first-order valence-electron chi connectivity index (χ1n) is 6.09. The minimum Gasteiger partial charge on any atom is -0.399 e. The number of hydrogen-bond donors (Lipinski definition) is 1. The molecule has 0 spiro atoms. The number of nitriles is 1. The van der Waals surface area contributed by atoms with Crippen molar-refractivity contribution < 1.29 is 17.9 Å². The van der Waals surface area contributed by atoms with E-state index < -0.39 is 17.8 Å². The predicted molar refractivity (Wildman–Crippen MR) is 66.5 cm³/mol. The van der Waals surface area contributed by atoms with Crippen molar-refractivity contribution in [1.82, 2.24) is 4.90 Å². The molecule has 0 amide bonds. The van der Waals surface area contributed by atoms with Gasteiger partial charge < -0.3 is 10.5 Å². The van der Waals surface area contributed by atoms with Gasteiger partial charge in [-0.15, -0.1) is 0 Å². The van der Waals surface area contributed by atoms with Gasteiger partial charge in [0.15, 0.2) is 6.10 Å². The zero-order valence-corrected chi connectivity index (χ0v) is 10.7. The van der Waals surface area contributed by atoms with E-state index in [0.717, 1.165) is 6.07 Å². The Morgan fingerprint density at radius 1 is 1.45 bits per heavy atom. The van der Waals surface area contributed by atoms with Crippen molar-refractivity contribution in [3.63, 3.8) is 0 Å². The van der Waals surface area contributed by atoms with Gasteiger partial charge in [-0.25, -0.2) is 0 Å². The molecule has 0 aliphatic carbocycles. The number of morpholine rings is 1. The molecule has 1 aliphatic heterocycles. The second kappa shape index (κ2) is 5.69. The molecule has 1 atom stereocenters. The van der Waals surface area contributed by atoms with Crippen LogP contribution in [0.25, 0.3) is 0 Å². The Hall–Kier alpha value is -1.78. The molecule has 1 aliphatic rings. The van der Waals surface area contributed by atoms with Gasteiger partial charge in [0.25, 0.3) is 0 Å². The fourth-order valence-corrected chi connectivity index (χ4v) is 2.16. The van der Waals surface area contributed by atoms with E-state index in [2.05, 4.69) is 0 Å². The summed E-state index contributed by atoms with van der Waals surface area (Å²) >= 11 is 0. The van der Waals surface area contributed by atoms with Gasteiger partial charge in [-0.2, -0.15) is 18.4 Å². The largest absolute Gasteiger partial charge is 0.416 e. The summed E-state index contributed by atoms with van der Waals surface area (Å²) in [5.41, 5.74) is 4.94. The summed E-state index contributed by atoms with van der Waals surface area (Å²) < 4.78 is 44.1. The summed E-state index contributed by atoms with van der Waals surface area (Å²) in [5, 5.41) is 8.80. The van der Waals surface area contributed by atoms with Crippen LogP contribution in [-0.4, -0.2) is 30.7 Å². The maximum atomic E-state index is 13.0. The first-order valence-corrected chi connectivity index (χ1v) is 6.09. The van der Waals surface area contributed by atoms with Gasteiger partial charge in [0.05, 0.1) is 18.2 Å². The van der Waals surface area contributed by atoms with E-state index in [1.54, 1.807) is 4.90 Å². The number of ether oxygens (including phenoxy) is 1. The standard InChI is InChI=1S/C13H14F3N3O/c14-13(15,16)12-5-10(18)2-1-9(12)7-19-3-4-20-11(6-17)8-19/h1-2,5,11H,3-4,7-8,18H2. The normalized spacial score (nSPS) is 20.6. The van der Waals surface area contributed by atoms with Crippen LogP contribution in [0.3, 0.4) is 0 Å². The molecule has 0 bridgehead atoms. The smallest absolute Gasteiger partial charge is 0.399 e. The number of anilines is 1. The number of rotatable bonds is 2. The zero-order chi connectivity index (χ0) is 14.8. The molecule has 1 fully saturated rings. The van der Waals surface area contributed by atoms with Crippen molar-refractivity contribution in [2.24, 2.45) is 0 Å². The van der Waals surface area contributed by atoms with E-state index in [9.17, 15) is 13.2 Å². The molecule has 1 heterocycles. The quantitative estimate of drug-likeness (QED) is 0.844. The van der Waals surface area contributed by atoms with Crippen LogP contribution in [-0.2, 0) is 17.5 Å². The molecule has 1 aromatic rings. The minimum absolute atomic E-state index is 0.0814. The molecule has 1 unspecified atom stereocenters. The van der Waals surface area contributed by atoms with Crippen LogP contribution in [0, 0.1) is 11.3 Å². The lowest BCUT2D eigenvalue weighted by atomic mass is 10.0. The third-order valence-electron chi connectivity index (χ3n) is 3.13. The monoisotopic (exact) mass is 285 g/mol. The highest BCUT2D eigenvalue weighted by Crippen LogP contribution is 2.34. The Morgan fingerprint density at radius 2 is 2.20 bits per heavy atom. The number of nitrogens with two attached hydrogens (primary N) is 1. The second-order valence-electron chi connectivity index (χ2n) is 4.64. The lowest BCUT2D eigenvalue weighted by Crippen LogP contribution is -2.41. The van der Waals surface area contributed by atoms with Crippen molar-refractivity contribution >= 4 is 5.69 Å². The lowest BCUT2D eigenvalue weighted by molar-refractivity contribution is -0.138. The van der Waals surface area contributed by atoms with Gasteiger partial charge in [-0.3, -0.25) is 4.90 Å². The summed E-state index contributed by atoms with van der Waals surface area (Å²) in [6.45, 7) is 1.27. The third kappa shape index (κ3) is 3.40. The molecular formula is C13H14F3N3O. The van der Waals surface area contributed by atoms with Crippen LogP contribution in [0.15, 0.2) is 18.2 Å². The van der Waals surface area contributed by atoms with E-state index in [0.29, 0.717) is 19.7 Å². The summed E-state index contributed by atoms with van der Waals surface area (Å²) in [6, 6.07) is 5.74. The van der Waals surface area contributed by atoms with Gasteiger partial charge >= 0.3 is 6.18 Å². The van der Waals surface area contributed by atoms with Crippen molar-refractivity contribution in [3.05, 3.63) is 29.3 Å². The summed E-state index contributed by atoms with van der Waals surface area (Å²) in [6.07, 6.45) is -5.03. The van der Waals surface area contributed by atoms with E-state index in [-0.39, 0.29) is 17.8 Å². The van der Waals surface area contributed by atoms with Crippen molar-refractivity contribution in [1.29, 1.82) is 5.26 Å². The summed E-state index contributed by atoms with van der Waals surface area (Å²) in [7, 11) is 0. The van der Waals surface area contributed by atoms with E-state index in [1.807, 2.05) is 6.07 Å². The molecular weight excluding hydrogens is 271 g/mol. The van der Waals surface area contributed by atoms with Crippen molar-refractivity contribution in [2.45, 2.75) is 18.8 Å². The topological polar surface area (TPSA) is 62.3 Å². The molecule has 7 heteroatoms. The highest BCUT2D eigenvalue weighted by molar-refractivity contribution is 5.46. The Morgan fingerprint density at radius 3 is 2.85 bits per heavy atom. The van der Waals surface area contributed by atoms with Crippen molar-refractivity contribution in [2.75, 3.05) is 25.4 Å². The number of benzene rings is 1. The molecule has 1 aromatic carbocycles. The molecule has 2 rings (SSSR count). The van der Waals surface area contributed by atoms with Gasteiger partial charge in [0.1, 0.15) is 0 Å². The van der Waals surface area contributed by atoms with E-state index in [4.69, 9.17) is 15.7 Å². The SMILES string of the molecule is N#CC1CN(Cc2ccc(N)cc2C(F)(F)F)CCO1. The van der Waals surface area contributed by atoms with Crippen LogP contribution in [0.4, 0.5) is 18.9 Å². The lowest BCUT2D eigenvalue weighted by Gasteiger charge is -2.30. The number of hydrogen-bond acceptors (Lipinski definition) is 4. The van der Waals surface area contributed by atoms with Crippen LogP contribution >= 0.6 is 0 Å². The van der Waals surface area contributed by atoms with E-state index in [1.165, 1.54) is 12.1 Å². The van der Waals surface area contributed by atoms with Crippen LogP contribution < -0.4 is 5.73 Å². The average molecular weight is 285 g/mol. The minimum atomic E-state index is -4.44. The Bertz CT molecular complexity index is 525. The molecule has 0 aromatic heterocycles. The van der Waals surface area contributed by atoms with Crippen LogP contribution in [0.5, 0.6) is 0 Å². The fourth-order valence-electron chi connectivity index (χ4n) is 2.16. The number of nitrogens with zero attached hydrogens (tertiary/aromatic N) is 2. The average Bonchev–Trinajstić information content (AvgIpc) is 2.40. The molecule has 0 radical (unpaired) electrons. The predicted octanol–water partition coefficient (Wildman–Crippen LogP) is 2.01. The Balaban J connectivity index is 2.19. The number of nitrogen functional groups attached to an aromatic ring is 1. The Kier molecular flexibility index (Phi) is 4.16. The molecule has 4 nitrogen and oxygen atoms in total. The first kappa shape index (κ1) is 14.6. The number of alkyl halides is 3. The fraction of sp³-hybridized carbons (Fsp3) is 0.462. The number of halogens is 3. The van der Waals surface area contributed by atoms with Crippen LogP contribution in [0.2, 0.25) is 0 Å². The van der Waals surface area contributed by atoms with E-state index >= 15 is 0 Å². The van der Waals surface area contributed by atoms with Gasteiger partial charge in [0.2, 0.25) is 0 Å². The van der Waals surface area contributed by atoms with Gasteiger partial charge in [-0.1, -0.05) is 6.07 Å². The molecule has 108 valence electrons. The summed E-state index contributed by atoms with van der Waals surface area (Å²) in [4.78, 5) is 1.78. The Labute approximate surface area is 114 Å². The maximum Gasteiger partial charge on any atom is 0.416 e. The first-order chi connectivity index (χ1) is 9.40.